The summed E-state index contributed by atoms with van der Waals surface area (Å²) >= 11 is 0. The van der Waals surface area contributed by atoms with Crippen LogP contribution in [0.5, 0.6) is 11.5 Å². The number of amides is 1. The van der Waals surface area contributed by atoms with Crippen LogP contribution in [0.25, 0.3) is 17.0 Å². The summed E-state index contributed by atoms with van der Waals surface area (Å²) in [5.41, 5.74) is 1.08. The van der Waals surface area contributed by atoms with Gasteiger partial charge >= 0.3 is 11.7 Å². The van der Waals surface area contributed by atoms with Crippen LogP contribution in [0.4, 0.5) is 4.79 Å². The van der Waals surface area contributed by atoms with Crippen LogP contribution >= 0.6 is 0 Å². The predicted molar refractivity (Wildman–Crippen MR) is 116 cm³/mol. The smallest absolute Gasteiger partial charge is 0.411 e. The van der Waals surface area contributed by atoms with E-state index < -0.39 is 23.4 Å². The molecule has 1 aliphatic heterocycles. The first-order valence-corrected chi connectivity index (χ1v) is 9.87. The molecule has 1 amide bonds. The third kappa shape index (κ3) is 4.55. The maximum absolute atomic E-state index is 12.3. The average molecular weight is 421 g/mol. The van der Waals surface area contributed by atoms with Gasteiger partial charge in [0.25, 0.3) is 0 Å². The molecule has 1 aliphatic rings. The first-order valence-electron chi connectivity index (χ1n) is 9.87. The summed E-state index contributed by atoms with van der Waals surface area (Å²) in [6, 6.07) is 14.1. The number of carbonyl (C=O) groups excluding carboxylic acids is 1. The van der Waals surface area contributed by atoms with Crippen molar-refractivity contribution in [1.82, 2.24) is 5.32 Å². The van der Waals surface area contributed by atoms with Crippen molar-refractivity contribution in [3.8, 4) is 11.5 Å². The highest BCUT2D eigenvalue weighted by Crippen LogP contribution is 2.37. The molecule has 0 saturated carbocycles. The highest BCUT2D eigenvalue weighted by molar-refractivity contribution is 5.79. The Morgan fingerprint density at radius 1 is 1.16 bits per heavy atom. The quantitative estimate of drug-likeness (QED) is 0.633. The molecular weight excluding hydrogens is 398 g/mol. The molecule has 7 heteroatoms. The lowest BCUT2D eigenvalue weighted by Gasteiger charge is -2.39. The zero-order chi connectivity index (χ0) is 22.0. The Bertz CT molecular complexity index is 1190. The van der Waals surface area contributed by atoms with E-state index in [4.69, 9.17) is 18.6 Å². The van der Waals surface area contributed by atoms with Crippen molar-refractivity contribution in [3.63, 3.8) is 0 Å². The number of hydrogen-bond donors (Lipinski definition) is 1. The molecule has 7 nitrogen and oxygen atoms in total. The number of hydrogen-bond acceptors (Lipinski definition) is 6. The largest absolute Gasteiger partial charge is 0.497 e. The van der Waals surface area contributed by atoms with E-state index in [1.807, 2.05) is 44.2 Å². The van der Waals surface area contributed by atoms with Gasteiger partial charge in [0, 0.05) is 30.1 Å². The molecule has 1 N–H and O–H groups in total. The van der Waals surface area contributed by atoms with Crippen molar-refractivity contribution in [2.24, 2.45) is 0 Å². The molecule has 3 aromatic rings. The summed E-state index contributed by atoms with van der Waals surface area (Å²) in [5.74, 6) is 1.38. The lowest BCUT2D eigenvalue weighted by Crippen LogP contribution is -2.49. The van der Waals surface area contributed by atoms with Crippen LogP contribution in [0.2, 0.25) is 0 Å². The summed E-state index contributed by atoms with van der Waals surface area (Å²) in [6.07, 6.45) is 2.71. The molecule has 2 aromatic carbocycles. The molecule has 0 unspecified atom stereocenters. The Balaban J connectivity index is 1.44. The van der Waals surface area contributed by atoms with E-state index >= 15 is 0 Å². The molecule has 0 radical (unpaired) electrons. The topological polar surface area (TPSA) is 87.0 Å². The maximum atomic E-state index is 12.3. The van der Waals surface area contributed by atoms with E-state index in [0.717, 1.165) is 22.3 Å². The van der Waals surface area contributed by atoms with Gasteiger partial charge in [-0.05, 0) is 55.3 Å². The molecular formula is C24H23NO6. The SMILES string of the molecule is COc1ccc(/C=C/NC(=O)O[C@H]2Cc3cc4ccc(=O)oc4cc3OC2(C)C)cc1. The highest BCUT2D eigenvalue weighted by Gasteiger charge is 2.40. The van der Waals surface area contributed by atoms with E-state index in [1.54, 1.807) is 25.3 Å². The van der Waals surface area contributed by atoms with E-state index in [9.17, 15) is 9.59 Å². The van der Waals surface area contributed by atoms with Gasteiger partial charge in [-0.3, -0.25) is 5.32 Å². The number of alkyl carbamates (subject to hydrolysis) is 1. The van der Waals surface area contributed by atoms with Crippen molar-refractivity contribution in [2.45, 2.75) is 32.0 Å². The summed E-state index contributed by atoms with van der Waals surface area (Å²) in [7, 11) is 1.61. The van der Waals surface area contributed by atoms with Gasteiger partial charge in [0.2, 0.25) is 0 Å². The Labute approximate surface area is 179 Å². The number of ether oxygens (including phenoxy) is 3. The lowest BCUT2D eigenvalue weighted by atomic mass is 9.90. The van der Waals surface area contributed by atoms with Crippen LogP contribution in [0.15, 0.2) is 63.9 Å². The van der Waals surface area contributed by atoms with Crippen molar-refractivity contribution in [2.75, 3.05) is 7.11 Å². The van der Waals surface area contributed by atoms with Gasteiger partial charge in [0.1, 0.15) is 28.8 Å². The van der Waals surface area contributed by atoms with Gasteiger partial charge in [0.15, 0.2) is 0 Å². The molecule has 0 bridgehead atoms. The van der Waals surface area contributed by atoms with Crippen LogP contribution in [-0.4, -0.2) is 24.9 Å². The van der Waals surface area contributed by atoms with E-state index in [2.05, 4.69) is 5.32 Å². The number of rotatable bonds is 4. The Hall–Kier alpha value is -3.74. The van der Waals surface area contributed by atoms with E-state index in [1.165, 1.54) is 12.3 Å². The molecule has 0 fully saturated rings. The van der Waals surface area contributed by atoms with Gasteiger partial charge in [-0.15, -0.1) is 0 Å². The second-order valence-electron chi connectivity index (χ2n) is 7.81. The fourth-order valence-corrected chi connectivity index (χ4v) is 3.46. The second kappa shape index (κ2) is 8.18. The summed E-state index contributed by atoms with van der Waals surface area (Å²) in [5, 5.41) is 3.41. The minimum absolute atomic E-state index is 0.414. The number of carbonyl (C=O) groups is 1. The molecule has 0 spiro atoms. The summed E-state index contributed by atoms with van der Waals surface area (Å²) in [6.45, 7) is 3.71. The first kappa shape index (κ1) is 20.5. The highest BCUT2D eigenvalue weighted by atomic mass is 16.6. The molecule has 2 heterocycles. The number of methoxy groups -OCH3 is 1. The molecule has 0 aliphatic carbocycles. The van der Waals surface area contributed by atoms with E-state index in [-0.39, 0.29) is 0 Å². The van der Waals surface area contributed by atoms with Crippen LogP contribution < -0.4 is 20.4 Å². The minimum Gasteiger partial charge on any atom is -0.497 e. The maximum Gasteiger partial charge on any atom is 0.411 e. The van der Waals surface area contributed by atoms with Crippen LogP contribution in [0, 0.1) is 0 Å². The Morgan fingerprint density at radius 3 is 2.68 bits per heavy atom. The van der Waals surface area contributed by atoms with Crippen LogP contribution in [-0.2, 0) is 11.2 Å². The second-order valence-corrected chi connectivity index (χ2v) is 7.81. The summed E-state index contributed by atoms with van der Waals surface area (Å²) in [4.78, 5) is 23.8. The first-order chi connectivity index (χ1) is 14.8. The molecule has 160 valence electrons. The zero-order valence-electron chi connectivity index (χ0n) is 17.5. The van der Waals surface area contributed by atoms with Gasteiger partial charge in [-0.25, -0.2) is 9.59 Å². The minimum atomic E-state index is -0.757. The van der Waals surface area contributed by atoms with Crippen molar-refractivity contribution in [3.05, 3.63) is 76.3 Å². The van der Waals surface area contributed by atoms with Gasteiger partial charge < -0.3 is 18.6 Å². The molecule has 1 aromatic heterocycles. The van der Waals surface area contributed by atoms with Gasteiger partial charge in [0.05, 0.1) is 7.11 Å². The molecule has 1 atom stereocenters. The third-order valence-electron chi connectivity index (χ3n) is 5.20. The molecule has 4 rings (SSSR count). The predicted octanol–water partition coefficient (Wildman–Crippen LogP) is 4.28. The van der Waals surface area contributed by atoms with Crippen molar-refractivity contribution >= 4 is 23.1 Å². The summed E-state index contributed by atoms with van der Waals surface area (Å²) < 4.78 is 22.1. The van der Waals surface area contributed by atoms with Gasteiger partial charge in [-0.1, -0.05) is 12.1 Å². The van der Waals surface area contributed by atoms with Crippen LogP contribution in [0.3, 0.4) is 0 Å². The van der Waals surface area contributed by atoms with E-state index in [0.29, 0.717) is 17.8 Å². The van der Waals surface area contributed by atoms with Crippen molar-refractivity contribution < 1.29 is 23.4 Å². The molecule has 31 heavy (non-hydrogen) atoms. The monoisotopic (exact) mass is 421 g/mol. The fraction of sp³-hybridized carbons (Fsp3) is 0.250. The third-order valence-corrected chi connectivity index (χ3v) is 5.20. The molecule has 0 saturated heterocycles. The number of fused-ring (bicyclic) bond motifs is 2. The standard InChI is InChI=1S/C24H23NO6/c1-24(2)21(30-23(27)25-11-10-15-4-7-18(28-3)8-5-15)13-17-12-16-6-9-22(26)29-19(16)14-20(17)31-24/h4-12,14,21H,13H2,1-3H3,(H,25,27)/b11-10+/t21-/m0/s1. The average Bonchev–Trinajstić information content (AvgIpc) is 2.73. The van der Waals surface area contributed by atoms with Crippen LogP contribution in [0.1, 0.15) is 25.0 Å². The number of nitrogens with one attached hydrogen (secondary N) is 1. The van der Waals surface area contributed by atoms with Crippen molar-refractivity contribution in [1.29, 1.82) is 0 Å². The fourth-order valence-electron chi connectivity index (χ4n) is 3.46. The normalized spacial score (nSPS) is 17.1. The Morgan fingerprint density at radius 2 is 1.94 bits per heavy atom. The Kier molecular flexibility index (Phi) is 5.42. The van der Waals surface area contributed by atoms with Gasteiger partial charge in [-0.2, -0.15) is 0 Å². The lowest BCUT2D eigenvalue weighted by molar-refractivity contribution is -0.0486. The zero-order valence-corrected chi connectivity index (χ0v) is 17.5. The number of benzene rings is 2.